The fourth-order valence-corrected chi connectivity index (χ4v) is 5.07. The number of carbonyl (C=O) groups is 1. The van der Waals surface area contributed by atoms with Crippen LogP contribution in [0.2, 0.25) is 0 Å². The van der Waals surface area contributed by atoms with Gasteiger partial charge in [0.05, 0.1) is 25.3 Å². The van der Waals surface area contributed by atoms with Gasteiger partial charge in [0, 0.05) is 23.3 Å². The molecule has 3 aromatic rings. The second-order valence-electron chi connectivity index (χ2n) is 8.09. The molecule has 0 aliphatic heterocycles. The summed E-state index contributed by atoms with van der Waals surface area (Å²) in [7, 11) is 3.08. The fourth-order valence-electron chi connectivity index (χ4n) is 5.07. The average Bonchev–Trinajstić information content (AvgIpc) is 3.47. The molecule has 2 fully saturated rings. The summed E-state index contributed by atoms with van der Waals surface area (Å²) in [4.78, 5) is 12.3. The molecule has 5 heteroatoms. The molecule has 5 rings (SSSR count). The number of benzene rings is 2. The van der Waals surface area contributed by atoms with Gasteiger partial charge in [0.15, 0.2) is 11.5 Å². The minimum absolute atomic E-state index is 0.268. The molecule has 0 radical (unpaired) electrons. The number of methoxy groups -OCH3 is 2. The first-order valence-electron chi connectivity index (χ1n) is 10.2. The van der Waals surface area contributed by atoms with Crippen LogP contribution in [0, 0.1) is 11.8 Å². The third-order valence-electron chi connectivity index (χ3n) is 6.49. The molecule has 29 heavy (non-hydrogen) atoms. The zero-order valence-electron chi connectivity index (χ0n) is 16.8. The highest BCUT2D eigenvalue weighted by Gasteiger charge is 2.41. The number of nitrogens with zero attached hydrogens (tertiary/aromatic N) is 1. The number of esters is 1. The van der Waals surface area contributed by atoms with E-state index in [2.05, 4.69) is 0 Å². The molecule has 2 aliphatic rings. The summed E-state index contributed by atoms with van der Waals surface area (Å²) >= 11 is 0. The molecule has 3 unspecified atom stereocenters. The van der Waals surface area contributed by atoms with Gasteiger partial charge in [-0.2, -0.15) is 0 Å². The highest BCUT2D eigenvalue weighted by molar-refractivity contribution is 6.04. The molecule has 1 aromatic heterocycles. The number of rotatable bonds is 5. The highest BCUT2D eigenvalue weighted by atomic mass is 16.5. The summed E-state index contributed by atoms with van der Waals surface area (Å²) in [5.74, 6) is 2.63. The van der Waals surface area contributed by atoms with E-state index in [0.29, 0.717) is 11.5 Å². The van der Waals surface area contributed by atoms with Crippen LogP contribution in [0.3, 0.4) is 0 Å². The number of carbonyl (C=O) groups excluding carboxylic acids is 1. The van der Waals surface area contributed by atoms with Crippen molar-refractivity contribution in [2.45, 2.75) is 31.8 Å². The SMILES string of the molecule is COC(=O)c1cn(-c2ccc(OC)c(OC3CC4CCC3C4)c2)c2ccccc12. The molecule has 2 saturated carbocycles. The number of hydrogen-bond donors (Lipinski definition) is 0. The Labute approximate surface area is 170 Å². The topological polar surface area (TPSA) is 49.7 Å². The Morgan fingerprint density at radius 1 is 1.03 bits per heavy atom. The van der Waals surface area contributed by atoms with E-state index in [1.807, 2.05) is 53.2 Å². The van der Waals surface area contributed by atoms with Crippen LogP contribution in [0.1, 0.15) is 36.0 Å². The molecule has 150 valence electrons. The van der Waals surface area contributed by atoms with E-state index in [9.17, 15) is 4.79 Å². The molecule has 0 saturated heterocycles. The standard InChI is InChI=1S/C24H25NO4/c1-27-21-10-9-17(13-23(21)29-22-12-15-7-8-16(22)11-15)25-14-19(24(26)28-2)18-5-3-4-6-20(18)25/h3-6,9-10,13-16,22H,7-8,11-12H2,1-2H3. The Hall–Kier alpha value is -2.95. The molecule has 3 atom stereocenters. The number of para-hydroxylation sites is 1. The van der Waals surface area contributed by atoms with Crippen molar-refractivity contribution in [2.24, 2.45) is 11.8 Å². The molecule has 5 nitrogen and oxygen atoms in total. The third-order valence-corrected chi connectivity index (χ3v) is 6.49. The molecule has 2 aromatic carbocycles. The van der Waals surface area contributed by atoms with Crippen molar-refractivity contribution in [1.82, 2.24) is 4.57 Å². The van der Waals surface area contributed by atoms with Crippen molar-refractivity contribution in [3.05, 3.63) is 54.2 Å². The summed E-state index contributed by atoms with van der Waals surface area (Å²) in [6.07, 6.45) is 7.13. The van der Waals surface area contributed by atoms with Gasteiger partial charge in [-0.3, -0.25) is 0 Å². The maximum atomic E-state index is 12.3. The summed E-state index contributed by atoms with van der Waals surface area (Å²) in [5, 5.41) is 0.866. The zero-order chi connectivity index (χ0) is 20.0. The van der Waals surface area contributed by atoms with Gasteiger partial charge in [-0.1, -0.05) is 18.2 Å². The van der Waals surface area contributed by atoms with E-state index in [1.54, 1.807) is 7.11 Å². The van der Waals surface area contributed by atoms with Crippen LogP contribution >= 0.6 is 0 Å². The highest BCUT2D eigenvalue weighted by Crippen LogP contribution is 2.47. The van der Waals surface area contributed by atoms with Crippen molar-refractivity contribution in [1.29, 1.82) is 0 Å². The smallest absolute Gasteiger partial charge is 0.340 e. The van der Waals surface area contributed by atoms with Gasteiger partial charge in [0.2, 0.25) is 0 Å². The monoisotopic (exact) mass is 391 g/mol. The van der Waals surface area contributed by atoms with Gasteiger partial charge in [0.1, 0.15) is 6.10 Å². The van der Waals surface area contributed by atoms with E-state index < -0.39 is 0 Å². The Morgan fingerprint density at radius 2 is 1.90 bits per heavy atom. The second-order valence-corrected chi connectivity index (χ2v) is 8.09. The number of aromatic nitrogens is 1. The Balaban J connectivity index is 1.56. The van der Waals surface area contributed by atoms with E-state index >= 15 is 0 Å². The van der Waals surface area contributed by atoms with Crippen LogP contribution in [-0.2, 0) is 4.74 Å². The molecule has 0 N–H and O–H groups in total. The summed E-state index contributed by atoms with van der Waals surface area (Å²) in [6.45, 7) is 0. The Kier molecular flexibility index (Phi) is 4.46. The molecular formula is C24H25NO4. The maximum Gasteiger partial charge on any atom is 0.340 e. The van der Waals surface area contributed by atoms with Gasteiger partial charge in [-0.25, -0.2) is 4.79 Å². The molecular weight excluding hydrogens is 366 g/mol. The van der Waals surface area contributed by atoms with Crippen LogP contribution in [0.25, 0.3) is 16.6 Å². The van der Waals surface area contributed by atoms with Crippen LogP contribution in [-0.4, -0.2) is 30.9 Å². The predicted molar refractivity (Wildman–Crippen MR) is 111 cm³/mol. The van der Waals surface area contributed by atoms with Crippen LogP contribution in [0.4, 0.5) is 0 Å². The number of hydrogen-bond acceptors (Lipinski definition) is 4. The van der Waals surface area contributed by atoms with Crippen molar-refractivity contribution >= 4 is 16.9 Å². The molecule has 1 heterocycles. The van der Waals surface area contributed by atoms with Gasteiger partial charge in [-0.05, 0) is 55.7 Å². The Morgan fingerprint density at radius 3 is 2.62 bits per heavy atom. The number of ether oxygens (including phenoxy) is 3. The minimum Gasteiger partial charge on any atom is -0.493 e. The van der Waals surface area contributed by atoms with E-state index in [4.69, 9.17) is 14.2 Å². The molecule has 0 amide bonds. The lowest BCUT2D eigenvalue weighted by Crippen LogP contribution is -2.23. The van der Waals surface area contributed by atoms with E-state index in [-0.39, 0.29) is 12.1 Å². The first kappa shape index (κ1) is 18.1. The summed E-state index contributed by atoms with van der Waals surface area (Å²) in [5.41, 5.74) is 2.42. The average molecular weight is 391 g/mol. The summed E-state index contributed by atoms with van der Waals surface area (Å²) in [6, 6.07) is 13.8. The van der Waals surface area contributed by atoms with Crippen LogP contribution < -0.4 is 9.47 Å². The lowest BCUT2D eigenvalue weighted by molar-refractivity contribution is 0.0603. The van der Waals surface area contributed by atoms with Crippen LogP contribution in [0.15, 0.2) is 48.7 Å². The van der Waals surface area contributed by atoms with Gasteiger partial charge in [0.25, 0.3) is 0 Å². The predicted octanol–water partition coefficient (Wildman–Crippen LogP) is 4.99. The van der Waals surface area contributed by atoms with Gasteiger partial charge < -0.3 is 18.8 Å². The second kappa shape index (κ2) is 7.14. The molecule has 2 aliphatic carbocycles. The van der Waals surface area contributed by atoms with Crippen molar-refractivity contribution in [3.63, 3.8) is 0 Å². The van der Waals surface area contributed by atoms with E-state index in [0.717, 1.165) is 40.4 Å². The summed E-state index contributed by atoms with van der Waals surface area (Å²) < 4.78 is 19.0. The number of fused-ring (bicyclic) bond motifs is 3. The van der Waals surface area contributed by atoms with E-state index in [1.165, 1.54) is 26.4 Å². The van der Waals surface area contributed by atoms with Crippen molar-refractivity contribution in [3.8, 4) is 17.2 Å². The zero-order valence-corrected chi connectivity index (χ0v) is 16.8. The largest absolute Gasteiger partial charge is 0.493 e. The minimum atomic E-state index is -0.341. The van der Waals surface area contributed by atoms with Gasteiger partial charge in [-0.15, -0.1) is 0 Å². The quantitative estimate of drug-likeness (QED) is 0.575. The lowest BCUT2D eigenvalue weighted by atomic mass is 9.98. The molecule has 0 spiro atoms. The lowest BCUT2D eigenvalue weighted by Gasteiger charge is -2.24. The Bertz CT molecular complexity index is 1070. The fraction of sp³-hybridized carbons (Fsp3) is 0.375. The first-order valence-corrected chi connectivity index (χ1v) is 10.2. The van der Waals surface area contributed by atoms with Crippen LogP contribution in [0.5, 0.6) is 11.5 Å². The first-order chi connectivity index (χ1) is 14.2. The van der Waals surface area contributed by atoms with Crippen molar-refractivity contribution in [2.75, 3.05) is 14.2 Å². The molecule has 2 bridgehead atoms. The maximum absolute atomic E-state index is 12.3. The third kappa shape index (κ3) is 3.05. The van der Waals surface area contributed by atoms with Crippen molar-refractivity contribution < 1.29 is 19.0 Å². The normalized spacial score (nSPS) is 22.8. The van der Waals surface area contributed by atoms with Gasteiger partial charge >= 0.3 is 5.97 Å².